The Morgan fingerprint density at radius 1 is 1.04 bits per heavy atom. The minimum absolute atomic E-state index is 0.634. The van der Waals surface area contributed by atoms with Gasteiger partial charge in [0.15, 0.2) is 0 Å². The number of nitrogens with one attached hydrogen (secondary N) is 1. The molecule has 0 aliphatic carbocycles. The van der Waals surface area contributed by atoms with Gasteiger partial charge in [-0.25, -0.2) is 9.97 Å². The molecule has 0 amide bonds. The Morgan fingerprint density at radius 3 is 2.81 bits per heavy atom. The second-order valence-corrected chi connectivity index (χ2v) is 7.91. The number of fused-ring (bicyclic) bond motifs is 2. The van der Waals surface area contributed by atoms with Crippen molar-refractivity contribution < 1.29 is 0 Å². The normalized spacial score (nSPS) is 14.4. The van der Waals surface area contributed by atoms with Crippen LogP contribution in [0.4, 0.5) is 5.95 Å². The van der Waals surface area contributed by atoms with Crippen LogP contribution in [0, 0.1) is 0 Å². The van der Waals surface area contributed by atoms with E-state index in [1.165, 1.54) is 20.7 Å². The van der Waals surface area contributed by atoms with E-state index in [0.717, 1.165) is 31.9 Å². The van der Waals surface area contributed by atoms with E-state index in [-0.39, 0.29) is 0 Å². The Kier molecular flexibility index (Phi) is 4.31. The lowest BCUT2D eigenvalue weighted by molar-refractivity contribution is 0.207. The summed E-state index contributed by atoms with van der Waals surface area (Å²) >= 11 is 1.90. The van der Waals surface area contributed by atoms with Gasteiger partial charge in [-0.2, -0.15) is 5.10 Å². The number of rotatable bonds is 5. The molecule has 0 saturated heterocycles. The molecule has 0 unspecified atom stereocenters. The first-order valence-electron chi connectivity index (χ1n) is 9.10. The van der Waals surface area contributed by atoms with Gasteiger partial charge in [0, 0.05) is 41.6 Å². The Bertz CT molecular complexity index is 1020. The molecule has 1 aromatic carbocycles. The molecule has 1 aliphatic heterocycles. The second kappa shape index (κ2) is 7.09. The van der Waals surface area contributed by atoms with E-state index in [1.54, 1.807) is 12.4 Å². The first kappa shape index (κ1) is 16.4. The molecular formula is C20H20N6S. The first-order valence-corrected chi connectivity index (χ1v) is 9.91. The van der Waals surface area contributed by atoms with E-state index in [1.807, 2.05) is 17.4 Å². The number of aromatic nitrogens is 4. The quantitative estimate of drug-likeness (QED) is 0.578. The van der Waals surface area contributed by atoms with Crippen LogP contribution in [0.1, 0.15) is 16.3 Å². The average Bonchev–Trinajstić information content (AvgIpc) is 3.29. The summed E-state index contributed by atoms with van der Waals surface area (Å²) in [6.45, 7) is 4.53. The van der Waals surface area contributed by atoms with Gasteiger partial charge >= 0.3 is 0 Å². The smallest absolute Gasteiger partial charge is 0.222 e. The third kappa shape index (κ3) is 3.56. The third-order valence-electron chi connectivity index (χ3n) is 4.78. The number of hydrogen-bond donors (Lipinski definition) is 1. The van der Waals surface area contributed by atoms with Gasteiger partial charge in [0.2, 0.25) is 5.95 Å². The fourth-order valence-corrected chi connectivity index (χ4v) is 4.60. The van der Waals surface area contributed by atoms with Gasteiger partial charge in [0.25, 0.3) is 0 Å². The molecule has 4 heterocycles. The van der Waals surface area contributed by atoms with Gasteiger partial charge in [0.1, 0.15) is 0 Å². The Labute approximate surface area is 161 Å². The molecule has 7 heteroatoms. The van der Waals surface area contributed by atoms with Crippen molar-refractivity contribution in [2.75, 3.05) is 11.9 Å². The van der Waals surface area contributed by atoms with Crippen molar-refractivity contribution in [3.8, 4) is 0 Å². The molecule has 0 atom stereocenters. The molecule has 0 fully saturated rings. The molecule has 0 saturated carbocycles. The van der Waals surface area contributed by atoms with Gasteiger partial charge in [-0.15, -0.1) is 11.3 Å². The van der Waals surface area contributed by atoms with E-state index in [2.05, 4.69) is 61.3 Å². The van der Waals surface area contributed by atoms with Crippen molar-refractivity contribution in [2.24, 2.45) is 0 Å². The highest BCUT2D eigenvalue weighted by molar-refractivity contribution is 7.19. The van der Waals surface area contributed by atoms with Crippen LogP contribution < -0.4 is 5.32 Å². The van der Waals surface area contributed by atoms with Crippen LogP contribution >= 0.6 is 11.3 Å². The minimum atomic E-state index is 0.634. The van der Waals surface area contributed by atoms with Crippen molar-refractivity contribution in [3.63, 3.8) is 0 Å². The summed E-state index contributed by atoms with van der Waals surface area (Å²) in [5.41, 5.74) is 2.30. The summed E-state index contributed by atoms with van der Waals surface area (Å²) in [6, 6.07) is 14.9. The van der Waals surface area contributed by atoms with Crippen LogP contribution in [-0.4, -0.2) is 31.2 Å². The van der Waals surface area contributed by atoms with Gasteiger partial charge < -0.3 is 5.32 Å². The molecule has 6 nitrogen and oxygen atoms in total. The van der Waals surface area contributed by atoms with Gasteiger partial charge in [-0.05, 0) is 29.7 Å². The van der Waals surface area contributed by atoms with Gasteiger partial charge in [0.05, 0.1) is 24.5 Å². The Balaban J connectivity index is 1.25. The number of benzene rings is 1. The maximum absolute atomic E-state index is 4.72. The topological polar surface area (TPSA) is 58.9 Å². The van der Waals surface area contributed by atoms with Gasteiger partial charge in [-0.1, -0.05) is 18.2 Å². The predicted molar refractivity (Wildman–Crippen MR) is 108 cm³/mol. The number of anilines is 1. The molecule has 3 aromatic heterocycles. The molecule has 0 spiro atoms. The minimum Gasteiger partial charge on any atom is -0.348 e. The van der Waals surface area contributed by atoms with Crippen LogP contribution in [0.5, 0.6) is 0 Å². The molecule has 27 heavy (non-hydrogen) atoms. The molecule has 4 aromatic rings. The molecule has 1 aliphatic rings. The fourth-order valence-electron chi connectivity index (χ4n) is 3.50. The van der Waals surface area contributed by atoms with Crippen LogP contribution in [0.15, 0.2) is 54.9 Å². The zero-order valence-corrected chi connectivity index (χ0v) is 15.7. The largest absolute Gasteiger partial charge is 0.348 e. The van der Waals surface area contributed by atoms with Crippen molar-refractivity contribution in [1.82, 2.24) is 24.6 Å². The molecule has 0 bridgehead atoms. The third-order valence-corrected chi connectivity index (χ3v) is 5.88. The monoisotopic (exact) mass is 376 g/mol. The Morgan fingerprint density at radius 2 is 1.93 bits per heavy atom. The van der Waals surface area contributed by atoms with E-state index in [0.29, 0.717) is 12.5 Å². The van der Waals surface area contributed by atoms with Gasteiger partial charge in [-0.3, -0.25) is 9.58 Å². The summed E-state index contributed by atoms with van der Waals surface area (Å²) in [5, 5.41) is 9.29. The highest BCUT2D eigenvalue weighted by atomic mass is 32.1. The molecule has 0 radical (unpaired) electrons. The summed E-state index contributed by atoms with van der Waals surface area (Å²) in [4.78, 5) is 12.3. The lowest BCUT2D eigenvalue weighted by Crippen LogP contribution is -2.33. The lowest BCUT2D eigenvalue weighted by Gasteiger charge is -2.26. The van der Waals surface area contributed by atoms with Crippen LogP contribution in [0.25, 0.3) is 10.1 Å². The van der Waals surface area contributed by atoms with Crippen LogP contribution in [0.3, 0.4) is 0 Å². The zero-order valence-electron chi connectivity index (χ0n) is 14.9. The summed E-state index contributed by atoms with van der Waals surface area (Å²) in [5.74, 6) is 0.634. The number of thiophene rings is 1. The van der Waals surface area contributed by atoms with Crippen LogP contribution in [0.2, 0.25) is 0 Å². The van der Waals surface area contributed by atoms with Crippen molar-refractivity contribution in [2.45, 2.75) is 26.2 Å². The number of nitrogens with zero attached hydrogens (tertiary/aromatic N) is 5. The predicted octanol–water partition coefficient (Wildman–Crippen LogP) is 3.52. The highest BCUT2D eigenvalue weighted by Gasteiger charge is 2.19. The van der Waals surface area contributed by atoms with Crippen LogP contribution in [-0.2, 0) is 26.2 Å². The molecule has 1 N–H and O–H groups in total. The van der Waals surface area contributed by atoms with Crippen molar-refractivity contribution in [3.05, 3.63) is 71.1 Å². The fraction of sp³-hybridized carbons (Fsp3) is 0.250. The Hall–Kier alpha value is -2.77. The maximum atomic E-state index is 4.72. The SMILES string of the molecule is c1cnc(NCc2cc3n(n2)CCN(Cc2cc4ccccc4s2)C3)nc1. The van der Waals surface area contributed by atoms with E-state index < -0.39 is 0 Å². The first-order chi connectivity index (χ1) is 13.3. The molecule has 5 rings (SSSR count). The highest BCUT2D eigenvalue weighted by Crippen LogP contribution is 2.27. The standard InChI is InChI=1S/C20H20N6S/c1-2-5-19-15(4-1)10-18(27-19)14-25-8-9-26-17(13-25)11-16(24-26)12-23-20-21-6-3-7-22-20/h1-7,10-11H,8-9,12-14H2,(H,21,22,23). The summed E-state index contributed by atoms with van der Waals surface area (Å²) < 4.78 is 3.50. The molecular weight excluding hydrogens is 356 g/mol. The van der Waals surface area contributed by atoms with Crippen molar-refractivity contribution >= 4 is 27.4 Å². The lowest BCUT2D eigenvalue weighted by atomic mass is 10.2. The summed E-state index contributed by atoms with van der Waals surface area (Å²) in [7, 11) is 0. The second-order valence-electron chi connectivity index (χ2n) is 6.74. The van der Waals surface area contributed by atoms with E-state index in [9.17, 15) is 0 Å². The van der Waals surface area contributed by atoms with E-state index in [4.69, 9.17) is 5.10 Å². The average molecular weight is 376 g/mol. The number of hydrogen-bond acceptors (Lipinski definition) is 6. The van der Waals surface area contributed by atoms with E-state index >= 15 is 0 Å². The zero-order chi connectivity index (χ0) is 18.1. The maximum Gasteiger partial charge on any atom is 0.222 e. The molecule has 136 valence electrons. The summed E-state index contributed by atoms with van der Waals surface area (Å²) in [6.07, 6.45) is 3.47. The van der Waals surface area contributed by atoms with Crippen molar-refractivity contribution in [1.29, 1.82) is 0 Å².